The Kier molecular flexibility index (Phi) is 3.68. The highest BCUT2D eigenvalue weighted by Crippen LogP contribution is 2.44. The summed E-state index contributed by atoms with van der Waals surface area (Å²) in [6.45, 7) is 6.18. The molecule has 0 spiro atoms. The highest BCUT2D eigenvalue weighted by atomic mass is 16.3. The maximum absolute atomic E-state index is 10.1. The smallest absolute Gasteiger partial charge is 0.300 e. The number of rotatable bonds is 4. The molecule has 0 amide bonds. The van der Waals surface area contributed by atoms with E-state index in [0.29, 0.717) is 17.6 Å². The van der Waals surface area contributed by atoms with Crippen molar-refractivity contribution in [3.05, 3.63) is 48.3 Å². The molecule has 8 nitrogen and oxygen atoms in total. The van der Waals surface area contributed by atoms with E-state index in [4.69, 9.17) is 0 Å². The van der Waals surface area contributed by atoms with Crippen molar-refractivity contribution in [2.24, 2.45) is 0 Å². The molecule has 4 heterocycles. The van der Waals surface area contributed by atoms with Gasteiger partial charge in [-0.1, -0.05) is 6.07 Å². The summed E-state index contributed by atoms with van der Waals surface area (Å²) in [6, 6.07) is 10.0. The van der Waals surface area contributed by atoms with Crippen molar-refractivity contribution in [2.75, 3.05) is 10.6 Å². The fraction of sp³-hybridized carbons (Fsp3) is 0.333. The van der Waals surface area contributed by atoms with Crippen LogP contribution in [-0.2, 0) is 0 Å². The minimum Gasteiger partial charge on any atom is -0.480 e. The van der Waals surface area contributed by atoms with Crippen LogP contribution in [0.2, 0.25) is 0 Å². The fourth-order valence-corrected chi connectivity index (χ4v) is 3.79. The van der Waals surface area contributed by atoms with Crippen molar-refractivity contribution in [1.82, 2.24) is 18.8 Å². The van der Waals surface area contributed by atoms with Gasteiger partial charge in [-0.25, -0.2) is 0 Å². The lowest BCUT2D eigenvalue weighted by Crippen LogP contribution is -2.26. The molecule has 2 atom stereocenters. The largest absolute Gasteiger partial charge is 0.480 e. The average molecular weight is 392 g/mol. The third-order valence-corrected chi connectivity index (χ3v) is 5.21. The topological polar surface area (TPSA) is 99.1 Å². The molecule has 150 valence electrons. The summed E-state index contributed by atoms with van der Waals surface area (Å²) < 4.78 is 3.34. The van der Waals surface area contributed by atoms with Gasteiger partial charge in [0.2, 0.25) is 0 Å². The molecule has 4 N–H and O–H groups in total. The molecule has 0 radical (unpaired) electrons. The number of fused-ring (bicyclic) bond motifs is 2. The molecule has 2 unspecified atom stereocenters. The molecule has 0 bridgehead atoms. The first-order valence-electron chi connectivity index (χ1n) is 9.72. The number of imidazole rings is 2. The van der Waals surface area contributed by atoms with Crippen molar-refractivity contribution >= 4 is 22.7 Å². The van der Waals surface area contributed by atoms with Gasteiger partial charge in [0, 0.05) is 29.9 Å². The maximum atomic E-state index is 10.1. The Morgan fingerprint density at radius 3 is 2.45 bits per heavy atom. The summed E-state index contributed by atoms with van der Waals surface area (Å²) in [6.07, 6.45) is 4.62. The second kappa shape index (κ2) is 6.04. The molecular weight excluding hydrogens is 368 g/mol. The number of aromatic hydroxyl groups is 2. The maximum Gasteiger partial charge on any atom is 0.300 e. The van der Waals surface area contributed by atoms with Crippen molar-refractivity contribution in [2.45, 2.75) is 44.7 Å². The molecule has 29 heavy (non-hydrogen) atoms. The quantitative estimate of drug-likeness (QED) is 0.424. The minimum atomic E-state index is -0.162. The third-order valence-electron chi connectivity index (χ3n) is 5.21. The van der Waals surface area contributed by atoms with E-state index >= 15 is 0 Å². The van der Waals surface area contributed by atoms with Crippen LogP contribution in [-0.4, -0.2) is 40.6 Å². The lowest BCUT2D eigenvalue weighted by atomic mass is 10.1. The van der Waals surface area contributed by atoms with Gasteiger partial charge in [0.25, 0.3) is 0 Å². The van der Waals surface area contributed by atoms with Crippen LogP contribution < -0.4 is 10.6 Å². The van der Waals surface area contributed by atoms with Crippen LogP contribution >= 0.6 is 0 Å². The minimum absolute atomic E-state index is 0.0191. The van der Waals surface area contributed by atoms with E-state index in [1.807, 2.05) is 30.5 Å². The van der Waals surface area contributed by atoms with Crippen LogP contribution in [0.4, 0.5) is 11.6 Å². The third kappa shape index (κ3) is 3.10. The van der Waals surface area contributed by atoms with Crippen LogP contribution in [0.1, 0.15) is 38.7 Å². The standard InChI is InChI=1S/C21H24N6O2/c1-21(2,3)25-18-16-10-12(7-9-27(16)20(29)24-18)13-11-14(13)22-17-15-6-4-5-8-26(15)19(28)23-17/h4-10,13-14,22,25H,11H2,1-3H3,(H,23,28)(H,24,29). The van der Waals surface area contributed by atoms with Gasteiger partial charge in [-0.15, -0.1) is 0 Å². The Morgan fingerprint density at radius 1 is 0.966 bits per heavy atom. The van der Waals surface area contributed by atoms with Gasteiger partial charge in [-0.2, -0.15) is 9.97 Å². The van der Waals surface area contributed by atoms with Crippen molar-refractivity contribution < 1.29 is 10.2 Å². The normalized spacial score (nSPS) is 19.0. The number of hydrogen-bond acceptors (Lipinski definition) is 6. The van der Waals surface area contributed by atoms with Crippen LogP contribution in [0, 0.1) is 0 Å². The molecule has 8 heteroatoms. The number of aromatic nitrogens is 4. The summed E-state index contributed by atoms with van der Waals surface area (Å²) in [5, 5.41) is 27.0. The van der Waals surface area contributed by atoms with Gasteiger partial charge in [0.1, 0.15) is 0 Å². The molecule has 1 aliphatic carbocycles. The first-order valence-corrected chi connectivity index (χ1v) is 9.72. The monoisotopic (exact) mass is 392 g/mol. The Morgan fingerprint density at radius 2 is 1.69 bits per heavy atom. The van der Waals surface area contributed by atoms with Crippen molar-refractivity contribution in [3.8, 4) is 12.0 Å². The van der Waals surface area contributed by atoms with Crippen LogP contribution in [0.15, 0.2) is 42.7 Å². The van der Waals surface area contributed by atoms with Gasteiger partial charge >= 0.3 is 12.0 Å². The predicted molar refractivity (Wildman–Crippen MR) is 112 cm³/mol. The van der Waals surface area contributed by atoms with E-state index in [1.165, 1.54) is 5.56 Å². The summed E-state index contributed by atoms with van der Waals surface area (Å²) in [5.74, 6) is 1.70. The van der Waals surface area contributed by atoms with Crippen LogP contribution in [0.5, 0.6) is 12.0 Å². The van der Waals surface area contributed by atoms with E-state index in [-0.39, 0.29) is 23.6 Å². The number of hydrogen-bond donors (Lipinski definition) is 4. The SMILES string of the molecule is CC(C)(C)Nc1nc(O)n2ccc(C3CC3Nc3nc(O)n4ccccc34)cc12. The Bertz CT molecular complexity index is 1220. The van der Waals surface area contributed by atoms with Gasteiger partial charge in [0.15, 0.2) is 11.6 Å². The fourth-order valence-electron chi connectivity index (χ4n) is 3.79. The van der Waals surface area contributed by atoms with E-state index in [2.05, 4.69) is 47.4 Å². The summed E-state index contributed by atoms with van der Waals surface area (Å²) in [7, 11) is 0. The molecule has 1 fully saturated rings. The lowest BCUT2D eigenvalue weighted by Gasteiger charge is -2.20. The Balaban J connectivity index is 1.41. The molecule has 0 aromatic carbocycles. The average Bonchev–Trinajstić information content (AvgIpc) is 3.28. The highest BCUT2D eigenvalue weighted by molar-refractivity contribution is 5.73. The second-order valence-corrected chi connectivity index (χ2v) is 8.66. The number of nitrogens with one attached hydrogen (secondary N) is 2. The first-order chi connectivity index (χ1) is 13.8. The van der Waals surface area contributed by atoms with Crippen molar-refractivity contribution in [1.29, 1.82) is 0 Å². The summed E-state index contributed by atoms with van der Waals surface area (Å²) in [4.78, 5) is 8.53. The number of pyridine rings is 2. The van der Waals surface area contributed by atoms with E-state index in [9.17, 15) is 10.2 Å². The molecule has 0 aliphatic heterocycles. The Labute approximate surface area is 167 Å². The summed E-state index contributed by atoms with van der Waals surface area (Å²) >= 11 is 0. The summed E-state index contributed by atoms with van der Waals surface area (Å²) in [5.41, 5.74) is 2.72. The van der Waals surface area contributed by atoms with Gasteiger partial charge in [0.05, 0.1) is 11.0 Å². The van der Waals surface area contributed by atoms with E-state index in [0.717, 1.165) is 17.5 Å². The number of nitrogens with zero attached hydrogens (tertiary/aromatic N) is 4. The van der Waals surface area contributed by atoms with Crippen LogP contribution in [0.25, 0.3) is 11.0 Å². The lowest BCUT2D eigenvalue weighted by molar-refractivity contribution is 0.428. The van der Waals surface area contributed by atoms with E-state index < -0.39 is 0 Å². The van der Waals surface area contributed by atoms with Crippen molar-refractivity contribution in [3.63, 3.8) is 0 Å². The first kappa shape index (κ1) is 17.7. The zero-order chi connectivity index (χ0) is 20.3. The predicted octanol–water partition coefficient (Wildman–Crippen LogP) is 3.57. The van der Waals surface area contributed by atoms with Gasteiger partial charge in [-0.3, -0.25) is 8.80 Å². The molecule has 1 aliphatic rings. The Hall–Kier alpha value is -3.42. The highest BCUT2D eigenvalue weighted by Gasteiger charge is 2.39. The van der Waals surface area contributed by atoms with Gasteiger partial charge in [-0.05, 0) is 57.0 Å². The molecule has 1 saturated carbocycles. The van der Waals surface area contributed by atoms with Crippen LogP contribution in [0.3, 0.4) is 0 Å². The number of anilines is 2. The second-order valence-electron chi connectivity index (χ2n) is 8.66. The zero-order valence-electron chi connectivity index (χ0n) is 16.6. The molecule has 4 aromatic heterocycles. The molecule has 0 saturated heterocycles. The molecule has 4 aromatic rings. The van der Waals surface area contributed by atoms with E-state index in [1.54, 1.807) is 15.0 Å². The van der Waals surface area contributed by atoms with Gasteiger partial charge < -0.3 is 20.8 Å². The molecule has 5 rings (SSSR count). The zero-order valence-corrected chi connectivity index (χ0v) is 16.6. The molecular formula is C21H24N6O2.